The standard InChI is InChI=1S/C24H26ClN3O/c1-6-7-23(21-11-10-20(29-5)12-15(21)2)28-17(4)24(16(3)27-28)18-8-9-19(14-26)22(25)13-18/h8-13,23H,6-7H2,1-5H3. The van der Waals surface area contributed by atoms with Crippen LogP contribution in [0.5, 0.6) is 5.75 Å². The fraction of sp³-hybridized carbons (Fsp3) is 0.333. The molecule has 3 aromatic rings. The monoisotopic (exact) mass is 407 g/mol. The Balaban J connectivity index is 2.11. The Morgan fingerprint density at radius 3 is 2.52 bits per heavy atom. The zero-order chi connectivity index (χ0) is 21.1. The number of hydrogen-bond acceptors (Lipinski definition) is 3. The molecule has 150 valence electrons. The summed E-state index contributed by atoms with van der Waals surface area (Å²) in [5.74, 6) is 0.864. The van der Waals surface area contributed by atoms with Crippen molar-refractivity contribution in [3.8, 4) is 22.9 Å². The van der Waals surface area contributed by atoms with Gasteiger partial charge in [-0.1, -0.05) is 37.1 Å². The molecule has 0 radical (unpaired) electrons. The highest BCUT2D eigenvalue weighted by molar-refractivity contribution is 6.32. The number of hydrogen-bond donors (Lipinski definition) is 0. The number of ether oxygens (including phenoxy) is 1. The van der Waals surface area contributed by atoms with Crippen molar-refractivity contribution >= 4 is 11.6 Å². The van der Waals surface area contributed by atoms with Gasteiger partial charge < -0.3 is 4.74 Å². The van der Waals surface area contributed by atoms with Crippen LogP contribution in [-0.2, 0) is 0 Å². The Kier molecular flexibility index (Phi) is 6.30. The molecule has 2 aromatic carbocycles. The van der Waals surface area contributed by atoms with Crippen molar-refractivity contribution in [2.45, 2.75) is 46.6 Å². The van der Waals surface area contributed by atoms with Gasteiger partial charge in [0.25, 0.3) is 0 Å². The predicted octanol–water partition coefficient (Wildman–Crippen LogP) is 6.40. The maximum Gasteiger partial charge on any atom is 0.119 e. The third kappa shape index (κ3) is 4.02. The molecule has 0 amide bonds. The van der Waals surface area contributed by atoms with E-state index in [0.29, 0.717) is 10.6 Å². The molecule has 0 aliphatic heterocycles. The summed E-state index contributed by atoms with van der Waals surface area (Å²) < 4.78 is 7.51. The van der Waals surface area contributed by atoms with Gasteiger partial charge in [0.15, 0.2) is 0 Å². The third-order valence-electron chi connectivity index (χ3n) is 5.40. The van der Waals surface area contributed by atoms with Gasteiger partial charge in [0.05, 0.1) is 29.4 Å². The van der Waals surface area contributed by atoms with Crippen molar-refractivity contribution in [2.75, 3.05) is 7.11 Å². The molecule has 0 saturated carbocycles. The summed E-state index contributed by atoms with van der Waals surface area (Å²) in [4.78, 5) is 0. The summed E-state index contributed by atoms with van der Waals surface area (Å²) >= 11 is 6.29. The van der Waals surface area contributed by atoms with Crippen LogP contribution in [0.15, 0.2) is 36.4 Å². The van der Waals surface area contributed by atoms with Crippen LogP contribution in [0.25, 0.3) is 11.1 Å². The molecule has 1 unspecified atom stereocenters. The lowest BCUT2D eigenvalue weighted by Gasteiger charge is -2.22. The first kappa shape index (κ1) is 21.0. The fourth-order valence-corrected chi connectivity index (χ4v) is 4.20. The largest absolute Gasteiger partial charge is 0.497 e. The first-order valence-corrected chi connectivity index (χ1v) is 10.2. The van der Waals surface area contributed by atoms with Crippen LogP contribution in [0, 0.1) is 32.1 Å². The summed E-state index contributed by atoms with van der Waals surface area (Å²) in [5, 5.41) is 14.5. The van der Waals surface area contributed by atoms with E-state index < -0.39 is 0 Å². The first-order valence-electron chi connectivity index (χ1n) is 9.81. The topological polar surface area (TPSA) is 50.8 Å². The number of nitrogens with zero attached hydrogens (tertiary/aromatic N) is 3. The van der Waals surface area contributed by atoms with E-state index in [1.54, 1.807) is 13.2 Å². The molecule has 4 nitrogen and oxygen atoms in total. The van der Waals surface area contributed by atoms with Crippen molar-refractivity contribution in [1.29, 1.82) is 5.26 Å². The second kappa shape index (κ2) is 8.71. The molecule has 0 aliphatic rings. The third-order valence-corrected chi connectivity index (χ3v) is 5.71. The minimum Gasteiger partial charge on any atom is -0.497 e. The van der Waals surface area contributed by atoms with Gasteiger partial charge in [-0.15, -0.1) is 0 Å². The van der Waals surface area contributed by atoms with Crippen LogP contribution >= 0.6 is 11.6 Å². The van der Waals surface area contributed by atoms with Crippen LogP contribution in [0.1, 0.15) is 53.9 Å². The maximum absolute atomic E-state index is 9.15. The number of aryl methyl sites for hydroxylation is 2. The average molecular weight is 408 g/mol. The van der Waals surface area contributed by atoms with Gasteiger partial charge in [-0.3, -0.25) is 4.68 Å². The lowest BCUT2D eigenvalue weighted by Crippen LogP contribution is -2.15. The fourth-order valence-electron chi connectivity index (χ4n) is 3.98. The van der Waals surface area contributed by atoms with Crippen LogP contribution in [0.2, 0.25) is 5.02 Å². The van der Waals surface area contributed by atoms with Crippen molar-refractivity contribution in [3.05, 3.63) is 69.5 Å². The Morgan fingerprint density at radius 1 is 1.17 bits per heavy atom. The maximum atomic E-state index is 9.15. The molecule has 0 fully saturated rings. The van der Waals surface area contributed by atoms with Crippen molar-refractivity contribution in [2.24, 2.45) is 0 Å². The quantitative estimate of drug-likeness (QED) is 0.475. The molecule has 1 heterocycles. The highest BCUT2D eigenvalue weighted by Gasteiger charge is 2.22. The molecular weight excluding hydrogens is 382 g/mol. The van der Waals surface area contributed by atoms with E-state index in [1.165, 1.54) is 11.1 Å². The predicted molar refractivity (Wildman–Crippen MR) is 118 cm³/mol. The summed E-state index contributed by atoms with van der Waals surface area (Å²) in [5.41, 5.74) is 7.03. The normalized spacial score (nSPS) is 11.9. The molecule has 0 spiro atoms. The van der Waals surface area contributed by atoms with Gasteiger partial charge in [-0.2, -0.15) is 10.4 Å². The van der Waals surface area contributed by atoms with Crippen LogP contribution < -0.4 is 4.74 Å². The Hall–Kier alpha value is -2.77. The molecule has 5 heteroatoms. The Labute approximate surface area is 177 Å². The summed E-state index contributed by atoms with van der Waals surface area (Å²) in [7, 11) is 1.69. The highest BCUT2D eigenvalue weighted by Crippen LogP contribution is 2.35. The van der Waals surface area contributed by atoms with E-state index in [0.717, 1.165) is 41.1 Å². The van der Waals surface area contributed by atoms with E-state index >= 15 is 0 Å². The number of nitriles is 1. The van der Waals surface area contributed by atoms with Gasteiger partial charge in [0.1, 0.15) is 11.8 Å². The molecule has 0 N–H and O–H groups in total. The summed E-state index contributed by atoms with van der Waals surface area (Å²) in [6, 6.07) is 14.1. The number of methoxy groups -OCH3 is 1. The molecule has 1 aromatic heterocycles. The Bertz CT molecular complexity index is 1080. The van der Waals surface area contributed by atoms with Crippen LogP contribution in [0.4, 0.5) is 0 Å². The number of halogens is 1. The van der Waals surface area contributed by atoms with Gasteiger partial charge in [0.2, 0.25) is 0 Å². The van der Waals surface area contributed by atoms with E-state index in [4.69, 9.17) is 26.7 Å². The molecule has 0 aliphatic carbocycles. The van der Waals surface area contributed by atoms with Crippen LogP contribution in [-0.4, -0.2) is 16.9 Å². The number of benzene rings is 2. The second-order valence-corrected chi connectivity index (χ2v) is 7.73. The summed E-state index contributed by atoms with van der Waals surface area (Å²) in [6.45, 7) is 8.43. The molecule has 1 atom stereocenters. The van der Waals surface area contributed by atoms with E-state index in [2.05, 4.69) is 43.7 Å². The molecular formula is C24H26ClN3O. The smallest absolute Gasteiger partial charge is 0.119 e. The SMILES string of the molecule is CCCC(c1ccc(OC)cc1C)n1nc(C)c(-c2ccc(C#N)c(Cl)c2)c1C. The molecule has 0 bridgehead atoms. The van der Waals surface area contributed by atoms with E-state index in [9.17, 15) is 0 Å². The minimum absolute atomic E-state index is 0.146. The lowest BCUT2D eigenvalue weighted by atomic mass is 9.96. The van der Waals surface area contributed by atoms with Gasteiger partial charge >= 0.3 is 0 Å². The summed E-state index contributed by atoms with van der Waals surface area (Å²) in [6.07, 6.45) is 2.04. The van der Waals surface area contributed by atoms with Gasteiger partial charge in [-0.25, -0.2) is 0 Å². The van der Waals surface area contributed by atoms with Crippen molar-refractivity contribution in [3.63, 3.8) is 0 Å². The zero-order valence-electron chi connectivity index (χ0n) is 17.6. The van der Waals surface area contributed by atoms with Gasteiger partial charge in [0, 0.05) is 11.3 Å². The lowest BCUT2D eigenvalue weighted by molar-refractivity contribution is 0.413. The van der Waals surface area contributed by atoms with Crippen molar-refractivity contribution < 1.29 is 4.74 Å². The first-order chi connectivity index (χ1) is 13.9. The zero-order valence-corrected chi connectivity index (χ0v) is 18.3. The Morgan fingerprint density at radius 2 is 1.93 bits per heavy atom. The average Bonchev–Trinajstić information content (AvgIpc) is 3.00. The van der Waals surface area contributed by atoms with Gasteiger partial charge in [-0.05, 0) is 68.1 Å². The molecule has 0 saturated heterocycles. The molecule has 3 rings (SSSR count). The second-order valence-electron chi connectivity index (χ2n) is 7.32. The molecule has 29 heavy (non-hydrogen) atoms. The van der Waals surface area contributed by atoms with Crippen LogP contribution in [0.3, 0.4) is 0 Å². The minimum atomic E-state index is 0.146. The highest BCUT2D eigenvalue weighted by atomic mass is 35.5. The van der Waals surface area contributed by atoms with E-state index in [1.807, 2.05) is 25.1 Å². The number of rotatable bonds is 6. The van der Waals surface area contributed by atoms with E-state index in [-0.39, 0.29) is 6.04 Å². The number of aromatic nitrogens is 2. The van der Waals surface area contributed by atoms with Crippen molar-refractivity contribution in [1.82, 2.24) is 9.78 Å².